The van der Waals surface area contributed by atoms with Crippen molar-refractivity contribution in [2.75, 3.05) is 7.05 Å². The Morgan fingerprint density at radius 3 is 2.65 bits per heavy atom. The maximum Gasteiger partial charge on any atom is 0.0467 e. The molecule has 1 aromatic heterocycles. The molecule has 0 saturated carbocycles. The van der Waals surface area contributed by atoms with Gasteiger partial charge in [0.2, 0.25) is 0 Å². The van der Waals surface area contributed by atoms with Crippen LogP contribution in [0.1, 0.15) is 11.3 Å². The van der Waals surface area contributed by atoms with E-state index in [9.17, 15) is 0 Å². The van der Waals surface area contributed by atoms with Crippen LogP contribution in [0.2, 0.25) is 0 Å². The monoisotopic (exact) mass is 282 g/mol. The quantitative estimate of drug-likeness (QED) is 0.744. The number of fused-ring (bicyclic) bond motifs is 1. The first-order valence-corrected chi connectivity index (χ1v) is 7.59. The molecule has 0 fully saturated rings. The van der Waals surface area contributed by atoms with Gasteiger partial charge in [-0.15, -0.1) is 0 Å². The third-order valence-corrected chi connectivity index (χ3v) is 4.73. The van der Waals surface area contributed by atoms with Crippen molar-refractivity contribution < 1.29 is 0 Å². The summed E-state index contributed by atoms with van der Waals surface area (Å²) in [5, 5.41) is 4.53. The highest BCUT2D eigenvalue weighted by atomic mass is 32.2. The van der Waals surface area contributed by atoms with E-state index in [4.69, 9.17) is 0 Å². The maximum atomic E-state index is 3.46. The third kappa shape index (κ3) is 2.47. The van der Waals surface area contributed by atoms with Gasteiger partial charge in [-0.2, -0.15) is 0 Å². The first-order valence-electron chi connectivity index (χ1n) is 6.77. The van der Waals surface area contributed by atoms with Crippen LogP contribution in [0.3, 0.4) is 0 Å². The van der Waals surface area contributed by atoms with Crippen LogP contribution in [-0.4, -0.2) is 12.0 Å². The zero-order valence-corrected chi connectivity index (χ0v) is 12.6. The van der Waals surface area contributed by atoms with Crippen LogP contribution in [-0.2, 0) is 6.54 Å². The molecule has 3 aromatic rings. The molecule has 102 valence electrons. The molecule has 20 heavy (non-hydrogen) atoms. The summed E-state index contributed by atoms with van der Waals surface area (Å²) in [5.41, 5.74) is 3.78. The minimum atomic E-state index is 0.893. The molecular formula is C17H18N2S. The number of hydrogen-bond acceptors (Lipinski definition) is 2. The molecule has 0 aliphatic carbocycles. The molecule has 3 rings (SSSR count). The lowest BCUT2D eigenvalue weighted by molar-refractivity contribution is 0.803. The molecule has 0 atom stereocenters. The van der Waals surface area contributed by atoms with Crippen LogP contribution < -0.4 is 5.32 Å². The smallest absolute Gasteiger partial charge is 0.0467 e. The van der Waals surface area contributed by atoms with Gasteiger partial charge < -0.3 is 10.3 Å². The second-order valence-electron chi connectivity index (χ2n) is 4.86. The highest BCUT2D eigenvalue weighted by Crippen LogP contribution is 2.37. The molecule has 0 saturated heterocycles. The maximum absolute atomic E-state index is 3.46. The van der Waals surface area contributed by atoms with E-state index in [1.807, 2.05) is 18.8 Å². The number of aromatic amines is 1. The van der Waals surface area contributed by atoms with Crippen LogP contribution in [0.5, 0.6) is 0 Å². The lowest BCUT2D eigenvalue weighted by atomic mass is 10.2. The standard InChI is InChI=1S/C17H18N2S/c1-12-17(14-8-4-5-9-15(14)19-12)20-16-10-6-3-7-13(16)11-18-2/h3-10,18-19H,11H2,1-2H3. The Morgan fingerprint density at radius 1 is 1.05 bits per heavy atom. The molecule has 1 heterocycles. The Labute approximate surface area is 123 Å². The predicted octanol–water partition coefficient (Wildman–Crippen LogP) is 4.35. The third-order valence-electron chi connectivity index (χ3n) is 3.39. The van der Waals surface area contributed by atoms with Crippen molar-refractivity contribution in [1.82, 2.24) is 10.3 Å². The average molecular weight is 282 g/mol. The molecule has 0 amide bonds. The second-order valence-corrected chi connectivity index (χ2v) is 5.92. The van der Waals surface area contributed by atoms with E-state index in [0.717, 1.165) is 6.54 Å². The first kappa shape index (κ1) is 13.3. The summed E-state index contributed by atoms with van der Waals surface area (Å²) >= 11 is 1.85. The predicted molar refractivity (Wildman–Crippen MR) is 86.4 cm³/mol. The van der Waals surface area contributed by atoms with Gasteiger partial charge in [0.15, 0.2) is 0 Å². The van der Waals surface area contributed by atoms with Crippen molar-refractivity contribution in [2.24, 2.45) is 0 Å². The van der Waals surface area contributed by atoms with Gasteiger partial charge in [0.1, 0.15) is 0 Å². The van der Waals surface area contributed by atoms with Gasteiger partial charge in [-0.3, -0.25) is 0 Å². The first-order chi connectivity index (χ1) is 9.79. The SMILES string of the molecule is CNCc1ccccc1Sc1c(C)[nH]c2ccccc12. The van der Waals surface area contributed by atoms with Gasteiger partial charge in [-0.25, -0.2) is 0 Å². The zero-order chi connectivity index (χ0) is 13.9. The van der Waals surface area contributed by atoms with E-state index in [1.54, 1.807) is 0 Å². The highest BCUT2D eigenvalue weighted by Gasteiger charge is 2.11. The van der Waals surface area contributed by atoms with E-state index in [1.165, 1.54) is 32.0 Å². The van der Waals surface area contributed by atoms with Crippen molar-refractivity contribution in [3.63, 3.8) is 0 Å². The molecule has 2 N–H and O–H groups in total. The molecule has 0 spiro atoms. The molecule has 0 radical (unpaired) electrons. The fourth-order valence-electron chi connectivity index (χ4n) is 2.43. The minimum Gasteiger partial charge on any atom is -0.358 e. The lowest BCUT2D eigenvalue weighted by Gasteiger charge is -2.08. The molecule has 2 nitrogen and oxygen atoms in total. The molecular weight excluding hydrogens is 264 g/mol. The number of H-pyrrole nitrogens is 1. The summed E-state index contributed by atoms with van der Waals surface area (Å²) in [4.78, 5) is 6.10. The van der Waals surface area contributed by atoms with Crippen molar-refractivity contribution in [3.05, 3.63) is 59.8 Å². The van der Waals surface area contributed by atoms with Gasteiger partial charge in [0.25, 0.3) is 0 Å². The van der Waals surface area contributed by atoms with Crippen LogP contribution in [0, 0.1) is 6.92 Å². The Hall–Kier alpha value is -1.71. The van der Waals surface area contributed by atoms with Crippen molar-refractivity contribution in [3.8, 4) is 0 Å². The van der Waals surface area contributed by atoms with Crippen molar-refractivity contribution >= 4 is 22.7 Å². The van der Waals surface area contributed by atoms with Crippen molar-refractivity contribution in [2.45, 2.75) is 23.3 Å². The number of para-hydroxylation sites is 1. The summed E-state index contributed by atoms with van der Waals surface area (Å²) in [6.07, 6.45) is 0. The Balaban J connectivity index is 2.03. The molecule has 3 heteroatoms. The summed E-state index contributed by atoms with van der Waals surface area (Å²) in [6.45, 7) is 3.04. The van der Waals surface area contributed by atoms with Gasteiger partial charge in [0, 0.05) is 32.9 Å². The van der Waals surface area contributed by atoms with E-state index in [0.29, 0.717) is 0 Å². The largest absolute Gasteiger partial charge is 0.358 e. The number of rotatable bonds is 4. The Bertz CT molecular complexity index is 731. The van der Waals surface area contributed by atoms with Gasteiger partial charge in [0.05, 0.1) is 0 Å². The van der Waals surface area contributed by atoms with Crippen LogP contribution >= 0.6 is 11.8 Å². The molecule has 0 bridgehead atoms. The zero-order valence-electron chi connectivity index (χ0n) is 11.7. The topological polar surface area (TPSA) is 27.8 Å². The van der Waals surface area contributed by atoms with Gasteiger partial charge in [-0.1, -0.05) is 48.2 Å². The fourth-order valence-corrected chi connectivity index (χ4v) is 3.56. The van der Waals surface area contributed by atoms with Gasteiger partial charge in [-0.05, 0) is 31.7 Å². The van der Waals surface area contributed by atoms with Gasteiger partial charge >= 0.3 is 0 Å². The summed E-state index contributed by atoms with van der Waals surface area (Å²) in [5.74, 6) is 0. The van der Waals surface area contributed by atoms with Crippen LogP contribution in [0.25, 0.3) is 10.9 Å². The number of aryl methyl sites for hydroxylation is 1. The molecule has 0 unspecified atom stereocenters. The molecule has 0 aliphatic heterocycles. The minimum absolute atomic E-state index is 0.893. The van der Waals surface area contributed by atoms with Crippen LogP contribution in [0.4, 0.5) is 0 Å². The summed E-state index contributed by atoms with van der Waals surface area (Å²) in [6, 6.07) is 17.1. The fraction of sp³-hybridized carbons (Fsp3) is 0.176. The molecule has 2 aromatic carbocycles. The van der Waals surface area contributed by atoms with E-state index < -0.39 is 0 Å². The average Bonchev–Trinajstić information content (AvgIpc) is 2.78. The normalized spacial score (nSPS) is 11.1. The number of hydrogen-bond donors (Lipinski definition) is 2. The van der Waals surface area contributed by atoms with Crippen LogP contribution in [0.15, 0.2) is 58.3 Å². The van der Waals surface area contributed by atoms with E-state index in [-0.39, 0.29) is 0 Å². The summed E-state index contributed by atoms with van der Waals surface area (Å²) in [7, 11) is 1.98. The Morgan fingerprint density at radius 2 is 1.80 bits per heavy atom. The lowest BCUT2D eigenvalue weighted by Crippen LogP contribution is -2.05. The molecule has 0 aliphatic rings. The van der Waals surface area contributed by atoms with Crippen molar-refractivity contribution in [1.29, 1.82) is 0 Å². The van der Waals surface area contributed by atoms with E-state index in [2.05, 4.69) is 65.8 Å². The highest BCUT2D eigenvalue weighted by molar-refractivity contribution is 7.99. The Kier molecular flexibility index (Phi) is 3.81. The van der Waals surface area contributed by atoms with E-state index >= 15 is 0 Å². The second kappa shape index (κ2) is 5.73. The number of benzene rings is 2. The number of nitrogens with one attached hydrogen (secondary N) is 2. The summed E-state index contributed by atoms with van der Waals surface area (Å²) < 4.78 is 0. The number of aromatic nitrogens is 1.